The summed E-state index contributed by atoms with van der Waals surface area (Å²) < 4.78 is 1.70. The van der Waals surface area contributed by atoms with E-state index in [1.807, 2.05) is 56.3 Å². The van der Waals surface area contributed by atoms with Crippen molar-refractivity contribution in [3.05, 3.63) is 70.5 Å². The van der Waals surface area contributed by atoms with Crippen LogP contribution in [0.3, 0.4) is 0 Å². The van der Waals surface area contributed by atoms with Crippen LogP contribution in [0.1, 0.15) is 25.5 Å². The summed E-state index contributed by atoms with van der Waals surface area (Å²) in [5.74, 6) is 0. The fourth-order valence-corrected chi connectivity index (χ4v) is 2.74. The Kier molecular flexibility index (Phi) is 3.72. The van der Waals surface area contributed by atoms with Gasteiger partial charge in [-0.25, -0.2) is 4.68 Å². The standard InChI is InChI=1S/C19H20N2O/c1-13(2)21-19(22)17(15-10-5-4-6-11-15)18(20-21)16-12-8-7-9-14(16)3/h4-13,20H,1-3H3. The van der Waals surface area contributed by atoms with Crippen molar-refractivity contribution in [1.82, 2.24) is 9.78 Å². The highest BCUT2D eigenvalue weighted by molar-refractivity contribution is 5.81. The zero-order chi connectivity index (χ0) is 15.7. The predicted octanol–water partition coefficient (Wildman–Crippen LogP) is 4.40. The number of nitrogens with zero attached hydrogens (tertiary/aromatic N) is 1. The van der Waals surface area contributed by atoms with Gasteiger partial charge in [-0.15, -0.1) is 0 Å². The molecule has 3 aromatic rings. The molecule has 0 aliphatic rings. The second-order valence-corrected chi connectivity index (χ2v) is 5.81. The van der Waals surface area contributed by atoms with Gasteiger partial charge in [-0.05, 0) is 31.9 Å². The van der Waals surface area contributed by atoms with Crippen molar-refractivity contribution in [2.24, 2.45) is 0 Å². The first-order chi connectivity index (χ1) is 10.6. The van der Waals surface area contributed by atoms with E-state index in [1.54, 1.807) is 4.68 Å². The van der Waals surface area contributed by atoms with Crippen molar-refractivity contribution in [3.8, 4) is 22.4 Å². The highest BCUT2D eigenvalue weighted by Crippen LogP contribution is 2.30. The van der Waals surface area contributed by atoms with Crippen LogP contribution in [0.5, 0.6) is 0 Å². The number of benzene rings is 2. The van der Waals surface area contributed by atoms with Gasteiger partial charge in [-0.2, -0.15) is 0 Å². The van der Waals surface area contributed by atoms with Gasteiger partial charge in [0.1, 0.15) is 0 Å². The lowest BCUT2D eigenvalue weighted by Crippen LogP contribution is -2.19. The van der Waals surface area contributed by atoms with Crippen LogP contribution in [0.25, 0.3) is 22.4 Å². The number of nitrogens with one attached hydrogen (secondary N) is 1. The van der Waals surface area contributed by atoms with Gasteiger partial charge in [0.25, 0.3) is 5.56 Å². The molecule has 1 heterocycles. The van der Waals surface area contributed by atoms with E-state index in [1.165, 1.54) is 0 Å². The number of hydrogen-bond acceptors (Lipinski definition) is 1. The van der Waals surface area contributed by atoms with Gasteiger partial charge in [-0.1, -0.05) is 54.6 Å². The summed E-state index contributed by atoms with van der Waals surface area (Å²) in [6.07, 6.45) is 0. The topological polar surface area (TPSA) is 37.8 Å². The molecular weight excluding hydrogens is 272 g/mol. The van der Waals surface area contributed by atoms with Crippen LogP contribution in [0.15, 0.2) is 59.4 Å². The molecule has 0 radical (unpaired) electrons. The Labute approximate surface area is 130 Å². The number of hydrogen-bond donors (Lipinski definition) is 1. The molecule has 22 heavy (non-hydrogen) atoms. The fraction of sp³-hybridized carbons (Fsp3) is 0.211. The molecule has 0 amide bonds. The van der Waals surface area contributed by atoms with E-state index < -0.39 is 0 Å². The smallest absolute Gasteiger partial charge is 0.275 e. The maximum Gasteiger partial charge on any atom is 0.275 e. The minimum atomic E-state index is 0.0273. The molecule has 0 atom stereocenters. The van der Waals surface area contributed by atoms with Crippen molar-refractivity contribution in [2.75, 3.05) is 0 Å². The monoisotopic (exact) mass is 292 g/mol. The molecule has 3 nitrogen and oxygen atoms in total. The zero-order valence-electron chi connectivity index (χ0n) is 13.1. The van der Waals surface area contributed by atoms with E-state index in [-0.39, 0.29) is 11.6 Å². The van der Waals surface area contributed by atoms with Gasteiger partial charge in [0.05, 0.1) is 11.3 Å². The SMILES string of the molecule is Cc1ccccc1-c1[nH]n(C(C)C)c(=O)c1-c1ccccc1. The van der Waals surface area contributed by atoms with E-state index >= 15 is 0 Å². The maximum absolute atomic E-state index is 12.8. The summed E-state index contributed by atoms with van der Waals surface area (Å²) in [6, 6.07) is 18.1. The number of rotatable bonds is 3. The van der Waals surface area contributed by atoms with Gasteiger partial charge >= 0.3 is 0 Å². The third kappa shape index (κ3) is 2.39. The molecule has 0 unspecified atom stereocenters. The molecule has 1 N–H and O–H groups in total. The molecule has 3 rings (SSSR count). The van der Waals surface area contributed by atoms with E-state index in [9.17, 15) is 4.79 Å². The second kappa shape index (κ2) is 5.68. The van der Waals surface area contributed by atoms with Crippen molar-refractivity contribution in [2.45, 2.75) is 26.8 Å². The number of aryl methyl sites for hydroxylation is 1. The normalized spacial score (nSPS) is 11.1. The zero-order valence-corrected chi connectivity index (χ0v) is 13.1. The van der Waals surface area contributed by atoms with Crippen molar-refractivity contribution >= 4 is 0 Å². The van der Waals surface area contributed by atoms with Gasteiger partial charge < -0.3 is 0 Å². The van der Waals surface area contributed by atoms with E-state index in [0.29, 0.717) is 0 Å². The first kappa shape index (κ1) is 14.4. The molecule has 1 aromatic heterocycles. The largest absolute Gasteiger partial charge is 0.294 e. The summed E-state index contributed by atoms with van der Waals surface area (Å²) in [5, 5.41) is 3.31. The minimum absolute atomic E-state index is 0.0273. The highest BCUT2D eigenvalue weighted by Gasteiger charge is 2.19. The highest BCUT2D eigenvalue weighted by atomic mass is 16.1. The first-order valence-electron chi connectivity index (χ1n) is 7.55. The lowest BCUT2D eigenvalue weighted by molar-refractivity contribution is 0.518. The molecule has 0 aliphatic carbocycles. The Morgan fingerprint density at radius 2 is 1.59 bits per heavy atom. The van der Waals surface area contributed by atoms with Gasteiger partial charge in [0.15, 0.2) is 0 Å². The van der Waals surface area contributed by atoms with E-state index in [2.05, 4.69) is 24.2 Å². The Balaban J connectivity index is 2.33. The Morgan fingerprint density at radius 3 is 2.23 bits per heavy atom. The number of aromatic nitrogens is 2. The molecule has 2 aromatic carbocycles. The summed E-state index contributed by atoms with van der Waals surface area (Å²) in [7, 11) is 0. The molecule has 0 aliphatic heterocycles. The Hall–Kier alpha value is -2.55. The lowest BCUT2D eigenvalue weighted by atomic mass is 9.99. The van der Waals surface area contributed by atoms with E-state index in [4.69, 9.17) is 0 Å². The van der Waals surface area contributed by atoms with Crippen molar-refractivity contribution in [3.63, 3.8) is 0 Å². The Bertz CT molecular complexity index is 841. The number of aromatic amines is 1. The summed E-state index contributed by atoms with van der Waals surface area (Å²) in [6.45, 7) is 6.08. The average molecular weight is 292 g/mol. The van der Waals surface area contributed by atoms with Crippen LogP contribution in [0.4, 0.5) is 0 Å². The van der Waals surface area contributed by atoms with Gasteiger partial charge in [-0.3, -0.25) is 9.89 Å². The molecule has 112 valence electrons. The van der Waals surface area contributed by atoms with Crippen LogP contribution >= 0.6 is 0 Å². The molecule has 0 bridgehead atoms. The third-order valence-corrected chi connectivity index (χ3v) is 3.91. The predicted molar refractivity (Wildman–Crippen MR) is 91.0 cm³/mol. The van der Waals surface area contributed by atoms with Gasteiger partial charge in [0, 0.05) is 11.6 Å². The minimum Gasteiger partial charge on any atom is -0.294 e. The third-order valence-electron chi connectivity index (χ3n) is 3.91. The van der Waals surface area contributed by atoms with Crippen LogP contribution in [0.2, 0.25) is 0 Å². The number of H-pyrrole nitrogens is 1. The summed E-state index contributed by atoms with van der Waals surface area (Å²) in [5.41, 5.74) is 4.82. The molecule has 0 saturated heterocycles. The average Bonchev–Trinajstić information content (AvgIpc) is 2.86. The summed E-state index contributed by atoms with van der Waals surface area (Å²) >= 11 is 0. The van der Waals surface area contributed by atoms with Crippen LogP contribution in [-0.4, -0.2) is 9.78 Å². The maximum atomic E-state index is 12.8. The quantitative estimate of drug-likeness (QED) is 0.763. The van der Waals surface area contributed by atoms with Crippen LogP contribution < -0.4 is 5.56 Å². The van der Waals surface area contributed by atoms with Crippen LogP contribution in [-0.2, 0) is 0 Å². The summed E-state index contributed by atoms with van der Waals surface area (Å²) in [4.78, 5) is 12.8. The molecule has 0 saturated carbocycles. The van der Waals surface area contributed by atoms with Crippen molar-refractivity contribution < 1.29 is 0 Å². The Morgan fingerprint density at radius 1 is 0.955 bits per heavy atom. The van der Waals surface area contributed by atoms with E-state index in [0.717, 1.165) is 27.9 Å². The molecule has 0 fully saturated rings. The second-order valence-electron chi connectivity index (χ2n) is 5.81. The van der Waals surface area contributed by atoms with Crippen molar-refractivity contribution in [1.29, 1.82) is 0 Å². The molecule has 0 spiro atoms. The molecular formula is C19H20N2O. The lowest BCUT2D eigenvalue weighted by Gasteiger charge is -2.07. The first-order valence-corrected chi connectivity index (χ1v) is 7.55. The van der Waals surface area contributed by atoms with Crippen LogP contribution in [0, 0.1) is 6.92 Å². The fourth-order valence-electron chi connectivity index (χ4n) is 2.74. The van der Waals surface area contributed by atoms with Gasteiger partial charge in [0.2, 0.25) is 0 Å². The molecule has 3 heteroatoms.